The van der Waals surface area contributed by atoms with Crippen LogP contribution in [0.5, 0.6) is 0 Å². The molecule has 27 heavy (non-hydrogen) atoms. The van der Waals surface area contributed by atoms with Crippen LogP contribution in [0.25, 0.3) is 11.3 Å². The van der Waals surface area contributed by atoms with Gasteiger partial charge in [-0.05, 0) is 48.9 Å². The molecular formula is C20H17N3O3S. The van der Waals surface area contributed by atoms with Crippen molar-refractivity contribution in [3.8, 4) is 11.3 Å². The van der Waals surface area contributed by atoms with Crippen LogP contribution in [0.3, 0.4) is 0 Å². The number of nitro groups is 1. The molecule has 0 spiro atoms. The highest BCUT2D eigenvalue weighted by atomic mass is 32.1. The maximum atomic E-state index is 12.4. The van der Waals surface area contributed by atoms with E-state index in [0.29, 0.717) is 5.13 Å². The predicted molar refractivity (Wildman–Crippen MR) is 105 cm³/mol. The molecule has 0 saturated carbocycles. The van der Waals surface area contributed by atoms with Gasteiger partial charge >= 0.3 is 0 Å². The predicted octanol–water partition coefficient (Wildman–Crippen LogP) is 4.85. The summed E-state index contributed by atoms with van der Waals surface area (Å²) in [6, 6.07) is 12.1. The van der Waals surface area contributed by atoms with E-state index >= 15 is 0 Å². The number of carbonyl (C=O) groups excluding carboxylic acids is 1. The van der Waals surface area contributed by atoms with E-state index in [1.807, 2.05) is 5.38 Å². The maximum Gasteiger partial charge on any atom is 0.270 e. The molecule has 0 aliphatic heterocycles. The number of benzene rings is 2. The number of nitro benzene ring substituents is 1. The highest BCUT2D eigenvalue weighted by molar-refractivity contribution is 7.14. The maximum absolute atomic E-state index is 12.4. The normalized spacial score (nSPS) is 13.0. The van der Waals surface area contributed by atoms with Crippen molar-refractivity contribution in [2.75, 3.05) is 5.32 Å². The van der Waals surface area contributed by atoms with E-state index in [-0.39, 0.29) is 11.3 Å². The number of aromatic nitrogens is 1. The zero-order valence-corrected chi connectivity index (χ0v) is 15.3. The quantitative estimate of drug-likeness (QED) is 0.519. The fourth-order valence-corrected chi connectivity index (χ4v) is 4.00. The molecule has 136 valence electrons. The van der Waals surface area contributed by atoms with Crippen LogP contribution >= 0.6 is 11.3 Å². The van der Waals surface area contributed by atoms with E-state index in [2.05, 4.69) is 28.5 Å². The van der Waals surface area contributed by atoms with Gasteiger partial charge in [-0.1, -0.05) is 18.2 Å². The van der Waals surface area contributed by atoms with Crippen LogP contribution in [0.1, 0.15) is 34.3 Å². The summed E-state index contributed by atoms with van der Waals surface area (Å²) in [4.78, 5) is 27.2. The van der Waals surface area contributed by atoms with Gasteiger partial charge in [0.1, 0.15) is 0 Å². The lowest BCUT2D eigenvalue weighted by molar-refractivity contribution is -0.384. The molecule has 0 bridgehead atoms. The standard InChI is InChI=1S/C20H17N3O3S/c24-19(16-6-3-7-17(11-16)23(25)26)22-20-21-18(12-27-20)15-9-8-13-4-1-2-5-14(13)10-15/h3,6-12H,1-2,4-5H2,(H,21,22,24). The molecular weight excluding hydrogens is 362 g/mol. The Balaban J connectivity index is 1.52. The van der Waals surface area contributed by atoms with E-state index in [9.17, 15) is 14.9 Å². The van der Waals surface area contributed by atoms with Gasteiger partial charge in [0.2, 0.25) is 0 Å². The zero-order chi connectivity index (χ0) is 18.8. The van der Waals surface area contributed by atoms with Crippen molar-refractivity contribution in [1.82, 2.24) is 4.98 Å². The summed E-state index contributed by atoms with van der Waals surface area (Å²) in [5, 5.41) is 16.0. The Labute approximate surface area is 160 Å². The monoisotopic (exact) mass is 379 g/mol. The number of hydrogen-bond donors (Lipinski definition) is 1. The first-order valence-corrected chi connectivity index (χ1v) is 9.61. The van der Waals surface area contributed by atoms with Crippen molar-refractivity contribution in [3.63, 3.8) is 0 Å². The summed E-state index contributed by atoms with van der Waals surface area (Å²) >= 11 is 1.34. The molecule has 0 atom stereocenters. The van der Waals surface area contributed by atoms with E-state index in [4.69, 9.17) is 0 Å². The Hall–Kier alpha value is -3.06. The second-order valence-electron chi connectivity index (χ2n) is 6.49. The van der Waals surface area contributed by atoms with E-state index in [1.54, 1.807) is 6.07 Å². The minimum atomic E-state index is -0.519. The zero-order valence-electron chi connectivity index (χ0n) is 14.5. The van der Waals surface area contributed by atoms with Gasteiger partial charge in [-0.25, -0.2) is 4.98 Å². The van der Waals surface area contributed by atoms with Gasteiger partial charge < -0.3 is 0 Å². The van der Waals surface area contributed by atoms with E-state index in [0.717, 1.165) is 24.1 Å². The van der Waals surface area contributed by atoms with Crippen LogP contribution in [-0.4, -0.2) is 15.8 Å². The van der Waals surface area contributed by atoms with Crippen molar-refractivity contribution in [1.29, 1.82) is 0 Å². The number of amides is 1. The van der Waals surface area contributed by atoms with Crippen molar-refractivity contribution in [2.45, 2.75) is 25.7 Å². The van der Waals surface area contributed by atoms with E-state index in [1.165, 1.54) is 53.5 Å². The number of anilines is 1. The van der Waals surface area contributed by atoms with Crippen LogP contribution in [0.15, 0.2) is 47.8 Å². The highest BCUT2D eigenvalue weighted by Crippen LogP contribution is 2.30. The number of thiazole rings is 1. The molecule has 1 heterocycles. The van der Waals surface area contributed by atoms with Crippen molar-refractivity contribution >= 4 is 28.1 Å². The average molecular weight is 379 g/mol. The molecule has 1 amide bonds. The lowest BCUT2D eigenvalue weighted by Gasteiger charge is -2.16. The number of hydrogen-bond acceptors (Lipinski definition) is 5. The number of aryl methyl sites for hydroxylation is 2. The Morgan fingerprint density at radius 1 is 1.11 bits per heavy atom. The third-order valence-corrected chi connectivity index (χ3v) is 5.45. The average Bonchev–Trinajstić information content (AvgIpc) is 3.16. The molecule has 1 N–H and O–H groups in total. The molecule has 1 aliphatic carbocycles. The minimum absolute atomic E-state index is 0.114. The number of carbonyl (C=O) groups is 1. The van der Waals surface area contributed by atoms with Crippen LogP contribution in [0, 0.1) is 10.1 Å². The van der Waals surface area contributed by atoms with E-state index < -0.39 is 10.8 Å². The second-order valence-corrected chi connectivity index (χ2v) is 7.35. The van der Waals surface area contributed by atoms with Crippen LogP contribution < -0.4 is 5.32 Å². The molecule has 0 fully saturated rings. The molecule has 0 saturated heterocycles. The van der Waals surface area contributed by atoms with Crippen LogP contribution in [-0.2, 0) is 12.8 Å². The fourth-order valence-electron chi connectivity index (χ4n) is 3.29. The van der Waals surface area contributed by atoms with Gasteiger partial charge in [-0.3, -0.25) is 20.2 Å². The van der Waals surface area contributed by atoms with Gasteiger partial charge in [0.25, 0.3) is 11.6 Å². The molecule has 0 unspecified atom stereocenters. The fraction of sp³-hybridized carbons (Fsp3) is 0.200. The first-order valence-electron chi connectivity index (χ1n) is 8.74. The number of rotatable bonds is 4. The number of nitrogens with one attached hydrogen (secondary N) is 1. The number of non-ortho nitro benzene ring substituents is 1. The lowest BCUT2D eigenvalue weighted by Crippen LogP contribution is -2.11. The summed E-state index contributed by atoms with van der Waals surface area (Å²) in [5.41, 5.74) is 4.78. The first-order chi connectivity index (χ1) is 13.1. The topological polar surface area (TPSA) is 85.1 Å². The Bertz CT molecular complexity index is 1030. The SMILES string of the molecule is O=C(Nc1nc(-c2ccc3c(c2)CCCC3)cs1)c1cccc([N+](=O)[O-])c1. The van der Waals surface area contributed by atoms with Crippen LogP contribution in [0.4, 0.5) is 10.8 Å². The third-order valence-electron chi connectivity index (χ3n) is 4.69. The first kappa shape index (κ1) is 17.4. The molecule has 4 rings (SSSR count). The molecule has 1 aromatic heterocycles. The molecule has 3 aromatic rings. The third kappa shape index (κ3) is 3.73. The second kappa shape index (κ2) is 7.28. The number of fused-ring (bicyclic) bond motifs is 1. The van der Waals surface area contributed by atoms with Crippen molar-refractivity contribution in [2.24, 2.45) is 0 Å². The van der Waals surface area contributed by atoms with Crippen molar-refractivity contribution in [3.05, 3.63) is 74.6 Å². The summed E-state index contributed by atoms with van der Waals surface area (Å²) in [6.07, 6.45) is 4.70. The summed E-state index contributed by atoms with van der Waals surface area (Å²) < 4.78 is 0. The van der Waals surface area contributed by atoms with Gasteiger partial charge in [0, 0.05) is 28.6 Å². The van der Waals surface area contributed by atoms with Gasteiger partial charge in [-0.15, -0.1) is 11.3 Å². The van der Waals surface area contributed by atoms with Gasteiger partial charge in [-0.2, -0.15) is 0 Å². The lowest BCUT2D eigenvalue weighted by atomic mass is 9.90. The smallest absolute Gasteiger partial charge is 0.270 e. The molecule has 0 radical (unpaired) electrons. The van der Waals surface area contributed by atoms with Crippen LogP contribution in [0.2, 0.25) is 0 Å². The highest BCUT2D eigenvalue weighted by Gasteiger charge is 2.15. The number of nitrogens with zero attached hydrogens (tertiary/aromatic N) is 2. The van der Waals surface area contributed by atoms with Gasteiger partial charge in [0.15, 0.2) is 5.13 Å². The molecule has 6 nitrogen and oxygen atoms in total. The molecule has 7 heteroatoms. The Kier molecular flexibility index (Phi) is 4.68. The molecule has 1 aliphatic rings. The Morgan fingerprint density at radius 3 is 2.74 bits per heavy atom. The minimum Gasteiger partial charge on any atom is -0.298 e. The Morgan fingerprint density at radius 2 is 1.93 bits per heavy atom. The van der Waals surface area contributed by atoms with Crippen molar-refractivity contribution < 1.29 is 9.72 Å². The largest absolute Gasteiger partial charge is 0.298 e. The summed E-state index contributed by atoms with van der Waals surface area (Å²) in [5.74, 6) is -0.412. The van der Waals surface area contributed by atoms with Gasteiger partial charge in [0.05, 0.1) is 10.6 Å². The summed E-state index contributed by atoms with van der Waals surface area (Å²) in [6.45, 7) is 0. The molecule has 2 aromatic carbocycles. The summed E-state index contributed by atoms with van der Waals surface area (Å²) in [7, 11) is 0.